The zero-order valence-electron chi connectivity index (χ0n) is 8.41. The fourth-order valence-electron chi connectivity index (χ4n) is 1.91. The summed E-state index contributed by atoms with van der Waals surface area (Å²) in [6.45, 7) is 0. The average Bonchev–Trinajstić information content (AvgIpc) is 2.88. The summed E-state index contributed by atoms with van der Waals surface area (Å²) in [5.41, 5.74) is 0. The fraction of sp³-hybridized carbons (Fsp3) is 0.545. The van der Waals surface area contributed by atoms with E-state index in [1.165, 1.54) is 24.2 Å². The van der Waals surface area contributed by atoms with E-state index in [4.69, 9.17) is 11.6 Å². The molecular formula is C11H14ClNOS. The average molecular weight is 244 g/mol. The molecule has 1 aromatic heterocycles. The van der Waals surface area contributed by atoms with E-state index < -0.39 is 5.38 Å². The first kappa shape index (κ1) is 11.0. The number of carbonyl (C=O) groups excluding carboxylic acids is 1. The Balaban J connectivity index is 1.90. The molecule has 1 atom stereocenters. The van der Waals surface area contributed by atoms with Crippen LogP contribution in [-0.2, 0) is 4.79 Å². The Morgan fingerprint density at radius 2 is 2.27 bits per heavy atom. The van der Waals surface area contributed by atoms with Crippen molar-refractivity contribution in [3.05, 3.63) is 22.4 Å². The van der Waals surface area contributed by atoms with Crippen LogP contribution < -0.4 is 5.32 Å². The lowest BCUT2D eigenvalue weighted by Gasteiger charge is -2.14. The zero-order chi connectivity index (χ0) is 10.7. The van der Waals surface area contributed by atoms with Crippen LogP contribution in [0.5, 0.6) is 0 Å². The van der Waals surface area contributed by atoms with Gasteiger partial charge in [-0.1, -0.05) is 18.9 Å². The SMILES string of the molecule is O=C(NC1CCCC1)C(Cl)c1cccs1. The first-order valence-corrected chi connectivity index (χ1v) is 6.57. The van der Waals surface area contributed by atoms with Crippen molar-refractivity contribution in [2.24, 2.45) is 0 Å². The second-order valence-corrected chi connectivity index (χ2v) is 5.28. The normalized spacial score (nSPS) is 19.0. The van der Waals surface area contributed by atoms with Crippen LogP contribution in [0.15, 0.2) is 17.5 Å². The molecule has 2 rings (SSSR count). The van der Waals surface area contributed by atoms with Gasteiger partial charge in [0.25, 0.3) is 0 Å². The lowest BCUT2D eigenvalue weighted by Crippen LogP contribution is -2.34. The molecule has 1 N–H and O–H groups in total. The minimum Gasteiger partial charge on any atom is -0.352 e. The van der Waals surface area contributed by atoms with E-state index in [9.17, 15) is 4.79 Å². The number of thiophene rings is 1. The monoisotopic (exact) mass is 243 g/mol. The molecule has 82 valence electrons. The number of alkyl halides is 1. The Hall–Kier alpha value is -0.540. The van der Waals surface area contributed by atoms with Gasteiger partial charge in [-0.05, 0) is 24.3 Å². The maximum absolute atomic E-state index is 11.8. The molecule has 1 amide bonds. The van der Waals surface area contributed by atoms with E-state index in [-0.39, 0.29) is 5.91 Å². The van der Waals surface area contributed by atoms with E-state index in [0.29, 0.717) is 6.04 Å². The highest BCUT2D eigenvalue weighted by atomic mass is 35.5. The number of halogens is 1. The molecule has 1 aliphatic rings. The van der Waals surface area contributed by atoms with E-state index in [1.54, 1.807) is 0 Å². The van der Waals surface area contributed by atoms with Crippen LogP contribution in [0.2, 0.25) is 0 Å². The molecule has 4 heteroatoms. The van der Waals surface area contributed by atoms with Crippen LogP contribution in [0, 0.1) is 0 Å². The summed E-state index contributed by atoms with van der Waals surface area (Å²) in [5, 5.41) is 4.42. The van der Waals surface area contributed by atoms with Crippen LogP contribution in [-0.4, -0.2) is 11.9 Å². The number of nitrogens with one attached hydrogen (secondary N) is 1. The largest absolute Gasteiger partial charge is 0.352 e. The summed E-state index contributed by atoms with van der Waals surface area (Å²) < 4.78 is 0. The molecule has 0 aromatic carbocycles. The highest BCUT2D eigenvalue weighted by Crippen LogP contribution is 2.26. The van der Waals surface area contributed by atoms with E-state index in [0.717, 1.165) is 17.7 Å². The van der Waals surface area contributed by atoms with E-state index >= 15 is 0 Å². The van der Waals surface area contributed by atoms with Gasteiger partial charge in [0.1, 0.15) is 5.38 Å². The standard InChI is InChI=1S/C11H14ClNOS/c12-10(9-6-3-7-15-9)11(14)13-8-4-1-2-5-8/h3,6-8,10H,1-2,4-5H2,(H,13,14). The predicted molar refractivity (Wildman–Crippen MR) is 63.3 cm³/mol. The smallest absolute Gasteiger partial charge is 0.243 e. The van der Waals surface area contributed by atoms with Gasteiger partial charge in [-0.3, -0.25) is 4.79 Å². The van der Waals surface area contributed by atoms with Gasteiger partial charge in [-0.25, -0.2) is 0 Å². The van der Waals surface area contributed by atoms with Crippen molar-refractivity contribution in [2.45, 2.75) is 37.1 Å². The maximum atomic E-state index is 11.8. The molecule has 1 aliphatic carbocycles. The third kappa shape index (κ3) is 2.73. The molecule has 1 heterocycles. The van der Waals surface area contributed by atoms with E-state index in [2.05, 4.69) is 5.32 Å². The van der Waals surface area contributed by atoms with Gasteiger partial charge in [-0.15, -0.1) is 22.9 Å². The Morgan fingerprint density at radius 1 is 1.53 bits per heavy atom. The second-order valence-electron chi connectivity index (χ2n) is 3.87. The molecule has 2 nitrogen and oxygen atoms in total. The Labute approximate surface area is 98.6 Å². The van der Waals surface area contributed by atoms with Crippen LogP contribution >= 0.6 is 22.9 Å². The van der Waals surface area contributed by atoms with Crippen molar-refractivity contribution in [1.29, 1.82) is 0 Å². The lowest BCUT2D eigenvalue weighted by atomic mass is 10.2. The van der Waals surface area contributed by atoms with Gasteiger partial charge < -0.3 is 5.32 Å². The molecule has 0 spiro atoms. The molecule has 15 heavy (non-hydrogen) atoms. The van der Waals surface area contributed by atoms with Gasteiger partial charge in [0.15, 0.2) is 0 Å². The van der Waals surface area contributed by atoms with Crippen molar-refractivity contribution in [3.8, 4) is 0 Å². The number of amides is 1. The molecule has 0 bridgehead atoms. The maximum Gasteiger partial charge on any atom is 0.243 e. The van der Waals surface area contributed by atoms with Crippen molar-refractivity contribution in [1.82, 2.24) is 5.32 Å². The number of hydrogen-bond acceptors (Lipinski definition) is 2. The molecule has 1 fully saturated rings. The third-order valence-electron chi connectivity index (χ3n) is 2.72. The molecule has 1 saturated carbocycles. The third-order valence-corrected chi connectivity index (χ3v) is 4.22. The summed E-state index contributed by atoms with van der Waals surface area (Å²) in [5.74, 6) is -0.0500. The lowest BCUT2D eigenvalue weighted by molar-refractivity contribution is -0.121. The first-order chi connectivity index (χ1) is 7.27. The van der Waals surface area contributed by atoms with Gasteiger partial charge >= 0.3 is 0 Å². The summed E-state index contributed by atoms with van der Waals surface area (Å²) >= 11 is 7.60. The highest BCUT2D eigenvalue weighted by Gasteiger charge is 2.23. The molecule has 1 aromatic rings. The van der Waals surface area contributed by atoms with Gasteiger partial charge in [-0.2, -0.15) is 0 Å². The topological polar surface area (TPSA) is 29.1 Å². The van der Waals surface area contributed by atoms with Crippen LogP contribution in [0.3, 0.4) is 0 Å². The van der Waals surface area contributed by atoms with Gasteiger partial charge in [0.05, 0.1) is 0 Å². The van der Waals surface area contributed by atoms with Crippen LogP contribution in [0.4, 0.5) is 0 Å². The van der Waals surface area contributed by atoms with Crippen molar-refractivity contribution >= 4 is 28.8 Å². The first-order valence-electron chi connectivity index (χ1n) is 5.25. The second kappa shape index (κ2) is 4.99. The minimum atomic E-state index is -0.523. The molecule has 0 aliphatic heterocycles. The zero-order valence-corrected chi connectivity index (χ0v) is 9.98. The summed E-state index contributed by atoms with van der Waals surface area (Å²) in [6.07, 6.45) is 4.63. The molecule has 0 radical (unpaired) electrons. The highest BCUT2D eigenvalue weighted by molar-refractivity contribution is 7.10. The summed E-state index contributed by atoms with van der Waals surface area (Å²) in [7, 11) is 0. The van der Waals surface area contributed by atoms with E-state index in [1.807, 2.05) is 17.5 Å². The number of rotatable bonds is 3. The van der Waals surface area contributed by atoms with Crippen molar-refractivity contribution < 1.29 is 4.79 Å². The Morgan fingerprint density at radius 3 is 2.87 bits per heavy atom. The number of carbonyl (C=O) groups is 1. The van der Waals surface area contributed by atoms with Crippen molar-refractivity contribution in [2.75, 3.05) is 0 Å². The Bertz CT molecular complexity index is 319. The molecule has 0 saturated heterocycles. The summed E-state index contributed by atoms with van der Waals surface area (Å²) in [6, 6.07) is 4.16. The quantitative estimate of drug-likeness (QED) is 0.813. The molecular weight excluding hydrogens is 230 g/mol. The predicted octanol–water partition coefficient (Wildman–Crippen LogP) is 3.09. The fourth-order valence-corrected chi connectivity index (χ4v) is 2.90. The number of hydrogen-bond donors (Lipinski definition) is 1. The van der Waals surface area contributed by atoms with Gasteiger partial charge in [0, 0.05) is 10.9 Å². The molecule has 1 unspecified atom stereocenters. The Kier molecular flexibility index (Phi) is 3.65. The minimum absolute atomic E-state index is 0.0500. The van der Waals surface area contributed by atoms with Crippen LogP contribution in [0.1, 0.15) is 35.9 Å². The van der Waals surface area contributed by atoms with Gasteiger partial charge in [0.2, 0.25) is 5.91 Å². The summed E-state index contributed by atoms with van der Waals surface area (Å²) in [4.78, 5) is 12.7. The van der Waals surface area contributed by atoms with Crippen molar-refractivity contribution in [3.63, 3.8) is 0 Å². The van der Waals surface area contributed by atoms with Crippen LogP contribution in [0.25, 0.3) is 0 Å².